The Balaban J connectivity index is 2.48. The van der Waals surface area contributed by atoms with Crippen molar-refractivity contribution in [1.82, 2.24) is 10.2 Å². The van der Waals surface area contributed by atoms with Gasteiger partial charge in [-0.2, -0.15) is 0 Å². The van der Waals surface area contributed by atoms with E-state index in [2.05, 4.69) is 15.6 Å². The van der Waals surface area contributed by atoms with Gasteiger partial charge in [0.15, 0.2) is 5.82 Å². The summed E-state index contributed by atoms with van der Waals surface area (Å²) in [6.45, 7) is 0.414. The first-order chi connectivity index (χ1) is 7.35. The monoisotopic (exact) mass is 221 g/mol. The second kappa shape index (κ2) is 4.35. The average molecular weight is 221 g/mol. The number of nitrogen functional groups attached to an aromatic ring is 1. The lowest BCUT2D eigenvalue weighted by Crippen LogP contribution is -2.11. The van der Waals surface area contributed by atoms with Crippen molar-refractivity contribution in [1.29, 1.82) is 0 Å². The fourth-order valence-corrected chi connectivity index (χ4v) is 2.02. The molecule has 0 aliphatic carbocycles. The first kappa shape index (κ1) is 10.0. The number of rotatable bonds is 3. The van der Waals surface area contributed by atoms with Crippen molar-refractivity contribution >= 4 is 17.2 Å². The van der Waals surface area contributed by atoms with Gasteiger partial charge in [-0.05, 0) is 23.1 Å². The number of hydrogen-bond donors (Lipinski definition) is 3. The van der Waals surface area contributed by atoms with Crippen molar-refractivity contribution in [3.8, 4) is 10.6 Å². The molecule has 0 aromatic carbocycles. The topological polar surface area (TPSA) is 89.8 Å². The minimum Gasteiger partial charge on any atom is -0.326 e. The molecule has 0 fully saturated rings. The van der Waals surface area contributed by atoms with Gasteiger partial charge in [-0.1, -0.05) is 6.07 Å². The fraction of sp³-hybridized carbons (Fsp3) is 0.111. The molecule has 15 heavy (non-hydrogen) atoms. The summed E-state index contributed by atoms with van der Waals surface area (Å²) in [6, 6.07) is 5.77. The molecule has 0 aliphatic rings. The van der Waals surface area contributed by atoms with E-state index in [4.69, 9.17) is 11.6 Å². The van der Waals surface area contributed by atoms with E-state index in [0.29, 0.717) is 12.4 Å². The Morgan fingerprint density at radius 3 is 2.87 bits per heavy atom. The smallest absolute Gasteiger partial charge is 0.162 e. The third kappa shape index (κ3) is 1.96. The highest BCUT2D eigenvalue weighted by atomic mass is 32.1. The Morgan fingerprint density at radius 2 is 2.27 bits per heavy atom. The van der Waals surface area contributed by atoms with Crippen LogP contribution in [0.4, 0.5) is 5.82 Å². The molecule has 0 atom stereocenters. The van der Waals surface area contributed by atoms with Gasteiger partial charge in [-0.3, -0.25) is 0 Å². The lowest BCUT2D eigenvalue weighted by atomic mass is 10.2. The molecule has 78 valence electrons. The van der Waals surface area contributed by atoms with Crippen LogP contribution < -0.4 is 17.0 Å². The van der Waals surface area contributed by atoms with Gasteiger partial charge < -0.3 is 11.2 Å². The Morgan fingerprint density at radius 1 is 1.40 bits per heavy atom. The van der Waals surface area contributed by atoms with E-state index in [0.717, 1.165) is 16.1 Å². The lowest BCUT2D eigenvalue weighted by molar-refractivity contribution is 0.972. The van der Waals surface area contributed by atoms with E-state index in [1.54, 1.807) is 11.3 Å². The Bertz CT molecular complexity index is 440. The summed E-state index contributed by atoms with van der Waals surface area (Å²) < 4.78 is 0. The number of aromatic nitrogens is 2. The summed E-state index contributed by atoms with van der Waals surface area (Å²) in [7, 11) is 0. The third-order valence-electron chi connectivity index (χ3n) is 2.00. The molecule has 0 saturated heterocycles. The van der Waals surface area contributed by atoms with Crippen LogP contribution in [0.5, 0.6) is 0 Å². The van der Waals surface area contributed by atoms with E-state index in [1.165, 1.54) is 0 Å². The molecule has 0 unspecified atom stereocenters. The predicted octanol–water partition coefficient (Wildman–Crippen LogP) is 0.949. The number of hydrogen-bond acceptors (Lipinski definition) is 6. The van der Waals surface area contributed by atoms with Crippen LogP contribution in [0.3, 0.4) is 0 Å². The first-order valence-electron chi connectivity index (χ1n) is 4.42. The van der Waals surface area contributed by atoms with Crippen LogP contribution in [0.25, 0.3) is 10.6 Å². The molecule has 2 aromatic heterocycles. The van der Waals surface area contributed by atoms with E-state index in [1.807, 2.05) is 23.6 Å². The van der Waals surface area contributed by atoms with Crippen molar-refractivity contribution in [2.24, 2.45) is 11.6 Å². The molecule has 2 aromatic rings. The summed E-state index contributed by atoms with van der Waals surface area (Å²) in [5.74, 6) is 5.78. The Kier molecular flexibility index (Phi) is 2.91. The molecule has 5 nitrogen and oxygen atoms in total. The number of nitrogens with one attached hydrogen (secondary N) is 1. The average Bonchev–Trinajstić information content (AvgIpc) is 2.81. The molecule has 0 aliphatic heterocycles. The number of anilines is 1. The van der Waals surface area contributed by atoms with Crippen LogP contribution in [0.1, 0.15) is 5.56 Å². The SMILES string of the molecule is NCc1cc(NN)nnc1-c1cccs1. The summed E-state index contributed by atoms with van der Waals surface area (Å²) in [5.41, 5.74) is 9.85. The zero-order valence-electron chi connectivity index (χ0n) is 7.97. The van der Waals surface area contributed by atoms with Gasteiger partial charge in [0.25, 0.3) is 0 Å². The maximum absolute atomic E-state index is 5.65. The van der Waals surface area contributed by atoms with E-state index < -0.39 is 0 Å². The third-order valence-corrected chi connectivity index (χ3v) is 2.87. The van der Waals surface area contributed by atoms with Crippen LogP contribution >= 0.6 is 11.3 Å². The zero-order valence-corrected chi connectivity index (χ0v) is 8.79. The maximum Gasteiger partial charge on any atom is 0.162 e. The van der Waals surface area contributed by atoms with Crippen molar-refractivity contribution in [2.75, 3.05) is 5.43 Å². The Labute approximate surface area is 91.1 Å². The van der Waals surface area contributed by atoms with E-state index in [9.17, 15) is 0 Å². The molecule has 0 radical (unpaired) electrons. The highest BCUT2D eigenvalue weighted by molar-refractivity contribution is 7.13. The summed E-state index contributed by atoms with van der Waals surface area (Å²) >= 11 is 1.61. The molecule has 0 bridgehead atoms. The minimum absolute atomic E-state index is 0.414. The number of nitrogens with zero attached hydrogens (tertiary/aromatic N) is 2. The van der Waals surface area contributed by atoms with Gasteiger partial charge in [0.2, 0.25) is 0 Å². The summed E-state index contributed by atoms with van der Waals surface area (Å²) in [5, 5.41) is 10.0. The van der Waals surface area contributed by atoms with Gasteiger partial charge in [-0.15, -0.1) is 21.5 Å². The van der Waals surface area contributed by atoms with Crippen LogP contribution in [-0.4, -0.2) is 10.2 Å². The van der Waals surface area contributed by atoms with Crippen LogP contribution in [-0.2, 0) is 6.54 Å². The molecule has 0 spiro atoms. The zero-order chi connectivity index (χ0) is 10.7. The van der Waals surface area contributed by atoms with Crippen LogP contribution in [0.2, 0.25) is 0 Å². The number of hydrazine groups is 1. The van der Waals surface area contributed by atoms with E-state index in [-0.39, 0.29) is 0 Å². The second-order valence-corrected chi connectivity index (χ2v) is 3.88. The van der Waals surface area contributed by atoms with Crippen molar-refractivity contribution in [2.45, 2.75) is 6.54 Å². The van der Waals surface area contributed by atoms with Gasteiger partial charge in [0.05, 0.1) is 4.88 Å². The summed E-state index contributed by atoms with van der Waals surface area (Å²) in [6.07, 6.45) is 0. The normalized spacial score (nSPS) is 10.3. The van der Waals surface area contributed by atoms with Crippen molar-refractivity contribution in [3.63, 3.8) is 0 Å². The van der Waals surface area contributed by atoms with Gasteiger partial charge in [-0.25, -0.2) is 5.84 Å². The highest BCUT2D eigenvalue weighted by Crippen LogP contribution is 2.26. The van der Waals surface area contributed by atoms with E-state index >= 15 is 0 Å². The number of nitrogens with two attached hydrogens (primary N) is 2. The predicted molar refractivity (Wildman–Crippen MR) is 61.0 cm³/mol. The van der Waals surface area contributed by atoms with Gasteiger partial charge in [0.1, 0.15) is 5.69 Å². The maximum atomic E-state index is 5.65. The van der Waals surface area contributed by atoms with Crippen molar-refractivity contribution in [3.05, 3.63) is 29.1 Å². The fourth-order valence-electron chi connectivity index (χ4n) is 1.28. The van der Waals surface area contributed by atoms with Crippen LogP contribution in [0.15, 0.2) is 23.6 Å². The molecule has 2 rings (SSSR count). The second-order valence-electron chi connectivity index (χ2n) is 2.93. The molecule has 6 heteroatoms. The first-order valence-corrected chi connectivity index (χ1v) is 5.30. The van der Waals surface area contributed by atoms with Gasteiger partial charge in [0, 0.05) is 6.54 Å². The molecular weight excluding hydrogens is 210 g/mol. The summed E-state index contributed by atoms with van der Waals surface area (Å²) in [4.78, 5) is 1.06. The number of thiophene rings is 1. The minimum atomic E-state index is 0.414. The largest absolute Gasteiger partial charge is 0.326 e. The van der Waals surface area contributed by atoms with Crippen LogP contribution in [0, 0.1) is 0 Å². The quantitative estimate of drug-likeness (QED) is 0.530. The lowest BCUT2D eigenvalue weighted by Gasteiger charge is -2.05. The molecule has 0 amide bonds. The molecule has 5 N–H and O–H groups in total. The van der Waals surface area contributed by atoms with Gasteiger partial charge >= 0.3 is 0 Å². The standard InChI is InChI=1S/C9H11N5S/c10-5-6-4-8(12-11)13-14-9(6)7-2-1-3-15-7/h1-4H,5,10-11H2,(H,12,13). The van der Waals surface area contributed by atoms with Crippen molar-refractivity contribution < 1.29 is 0 Å². The Hall–Kier alpha value is -1.50. The highest BCUT2D eigenvalue weighted by Gasteiger charge is 2.08. The molecule has 0 saturated carbocycles. The molecule has 2 heterocycles. The molecular formula is C9H11N5S.